The van der Waals surface area contributed by atoms with Gasteiger partial charge in [-0.1, -0.05) is 6.92 Å². The molecular formula is C11H13I3N2O. The standard InChI is InChI=1S/C11H13I3N2O/c1-2-5(11(16)17)3-6-7(12)4-8(13)10(15)9(6)14/h4-5H,2-3,15H2,1H3,(H2,16,17). The van der Waals surface area contributed by atoms with Crippen LogP contribution in [0.1, 0.15) is 18.9 Å². The molecule has 0 bridgehead atoms. The summed E-state index contributed by atoms with van der Waals surface area (Å²) < 4.78 is 3.23. The summed E-state index contributed by atoms with van der Waals surface area (Å²) in [5.41, 5.74) is 13.3. The van der Waals surface area contributed by atoms with Crippen LogP contribution in [0.2, 0.25) is 0 Å². The number of hydrogen-bond acceptors (Lipinski definition) is 2. The van der Waals surface area contributed by atoms with Crippen molar-refractivity contribution in [2.45, 2.75) is 19.8 Å². The number of benzene rings is 1. The van der Waals surface area contributed by atoms with Crippen LogP contribution in [0.5, 0.6) is 0 Å². The third kappa shape index (κ3) is 3.82. The summed E-state index contributed by atoms with van der Waals surface area (Å²) in [6.45, 7) is 1.98. The molecule has 0 aromatic heterocycles. The van der Waals surface area contributed by atoms with Gasteiger partial charge < -0.3 is 11.5 Å². The molecule has 1 amide bonds. The minimum absolute atomic E-state index is 0.114. The SMILES string of the molecule is CCC(Cc1c(I)cc(I)c(N)c1I)C(N)=O. The molecule has 1 rings (SSSR count). The number of nitrogens with two attached hydrogens (primary N) is 2. The van der Waals surface area contributed by atoms with Gasteiger partial charge in [0.05, 0.1) is 5.69 Å². The normalized spacial score (nSPS) is 12.5. The second kappa shape index (κ2) is 6.73. The van der Waals surface area contributed by atoms with E-state index < -0.39 is 0 Å². The van der Waals surface area contributed by atoms with Gasteiger partial charge in [-0.3, -0.25) is 4.79 Å². The molecule has 0 aliphatic heterocycles. The molecule has 0 aliphatic rings. The Labute approximate surface area is 142 Å². The Morgan fingerprint density at radius 3 is 2.41 bits per heavy atom. The summed E-state index contributed by atoms with van der Waals surface area (Å²) in [4.78, 5) is 11.3. The Morgan fingerprint density at radius 2 is 1.94 bits per heavy atom. The number of halogens is 3. The summed E-state index contributed by atoms with van der Waals surface area (Å²) in [6.07, 6.45) is 1.43. The molecule has 1 aromatic rings. The zero-order chi connectivity index (χ0) is 13.2. The van der Waals surface area contributed by atoms with E-state index in [9.17, 15) is 4.79 Å². The highest BCUT2D eigenvalue weighted by Gasteiger charge is 2.19. The third-order valence-electron chi connectivity index (χ3n) is 2.65. The van der Waals surface area contributed by atoms with Crippen molar-refractivity contribution in [2.24, 2.45) is 11.7 Å². The summed E-state index contributed by atoms with van der Waals surface area (Å²) in [5, 5.41) is 0. The first-order valence-electron chi connectivity index (χ1n) is 5.09. The predicted octanol–water partition coefficient (Wildman–Crippen LogP) is 3.14. The maximum atomic E-state index is 11.3. The molecule has 0 aliphatic carbocycles. The third-order valence-corrected chi connectivity index (χ3v) is 5.73. The maximum absolute atomic E-state index is 11.3. The first-order chi connectivity index (χ1) is 7.88. The molecule has 0 radical (unpaired) electrons. The molecule has 1 atom stereocenters. The fourth-order valence-corrected chi connectivity index (χ4v) is 5.34. The summed E-state index contributed by atoms with van der Waals surface area (Å²) in [6, 6.07) is 2.04. The van der Waals surface area contributed by atoms with E-state index >= 15 is 0 Å². The quantitative estimate of drug-likeness (QED) is 0.432. The molecule has 0 fully saturated rings. The lowest BCUT2D eigenvalue weighted by Crippen LogP contribution is -2.25. The maximum Gasteiger partial charge on any atom is 0.220 e. The molecule has 94 valence electrons. The minimum atomic E-state index is -0.240. The minimum Gasteiger partial charge on any atom is -0.397 e. The van der Waals surface area contributed by atoms with Crippen molar-refractivity contribution in [2.75, 3.05) is 5.73 Å². The molecule has 1 unspecified atom stereocenters. The number of rotatable bonds is 4. The lowest BCUT2D eigenvalue weighted by atomic mass is 9.96. The van der Waals surface area contributed by atoms with Crippen LogP contribution in [0, 0.1) is 16.6 Å². The average molecular weight is 570 g/mol. The van der Waals surface area contributed by atoms with Gasteiger partial charge in [0.2, 0.25) is 5.91 Å². The summed E-state index contributed by atoms with van der Waals surface area (Å²) in [5.74, 6) is -0.354. The number of nitrogen functional groups attached to an aromatic ring is 1. The molecule has 3 nitrogen and oxygen atoms in total. The smallest absolute Gasteiger partial charge is 0.220 e. The van der Waals surface area contributed by atoms with Crippen molar-refractivity contribution < 1.29 is 4.79 Å². The van der Waals surface area contributed by atoms with Crippen LogP contribution in [-0.4, -0.2) is 5.91 Å². The van der Waals surface area contributed by atoms with E-state index in [1.165, 1.54) is 0 Å². The van der Waals surface area contributed by atoms with Crippen molar-refractivity contribution in [3.63, 3.8) is 0 Å². The number of carbonyl (C=O) groups is 1. The highest BCUT2D eigenvalue weighted by molar-refractivity contribution is 14.1. The van der Waals surface area contributed by atoms with Crippen LogP contribution in [0.4, 0.5) is 5.69 Å². The Balaban J connectivity index is 3.14. The summed E-state index contributed by atoms with van der Waals surface area (Å²) >= 11 is 6.75. The largest absolute Gasteiger partial charge is 0.397 e. The number of carbonyl (C=O) groups excluding carboxylic acids is 1. The van der Waals surface area contributed by atoms with Gasteiger partial charge in [0, 0.05) is 16.6 Å². The van der Waals surface area contributed by atoms with E-state index in [1.807, 2.05) is 13.0 Å². The number of anilines is 1. The molecule has 17 heavy (non-hydrogen) atoms. The molecule has 0 spiro atoms. The Morgan fingerprint density at radius 1 is 1.35 bits per heavy atom. The topological polar surface area (TPSA) is 69.1 Å². The predicted molar refractivity (Wildman–Crippen MR) is 95.7 cm³/mol. The van der Waals surface area contributed by atoms with Gasteiger partial charge in [0.1, 0.15) is 0 Å². The van der Waals surface area contributed by atoms with Crippen LogP contribution >= 0.6 is 67.8 Å². The van der Waals surface area contributed by atoms with Gasteiger partial charge in [-0.2, -0.15) is 0 Å². The fourth-order valence-electron chi connectivity index (χ4n) is 1.53. The van der Waals surface area contributed by atoms with Gasteiger partial charge in [-0.25, -0.2) is 0 Å². The lowest BCUT2D eigenvalue weighted by Gasteiger charge is -2.16. The molecule has 1 aromatic carbocycles. The monoisotopic (exact) mass is 570 g/mol. The summed E-state index contributed by atoms with van der Waals surface area (Å²) in [7, 11) is 0. The molecule has 0 heterocycles. The van der Waals surface area contributed by atoms with E-state index in [2.05, 4.69) is 67.8 Å². The van der Waals surface area contributed by atoms with E-state index in [0.717, 1.165) is 28.4 Å². The lowest BCUT2D eigenvalue weighted by molar-refractivity contribution is -0.121. The van der Waals surface area contributed by atoms with Crippen molar-refractivity contribution >= 4 is 79.4 Å². The Kier molecular flexibility index (Phi) is 6.23. The van der Waals surface area contributed by atoms with Crippen molar-refractivity contribution in [3.8, 4) is 0 Å². The molecule has 0 saturated heterocycles. The zero-order valence-corrected chi connectivity index (χ0v) is 15.7. The van der Waals surface area contributed by atoms with Crippen molar-refractivity contribution in [3.05, 3.63) is 22.3 Å². The van der Waals surface area contributed by atoms with E-state index in [1.54, 1.807) is 0 Å². The van der Waals surface area contributed by atoms with Gasteiger partial charge in [0.25, 0.3) is 0 Å². The number of primary amides is 1. The van der Waals surface area contributed by atoms with Crippen LogP contribution in [0.15, 0.2) is 6.07 Å². The van der Waals surface area contributed by atoms with Crippen molar-refractivity contribution in [1.82, 2.24) is 0 Å². The Bertz CT molecular complexity index is 449. The molecule has 0 saturated carbocycles. The second-order valence-corrected chi connectivity index (χ2v) is 7.16. The molecule has 4 N–H and O–H groups in total. The van der Waals surface area contributed by atoms with Crippen LogP contribution in [-0.2, 0) is 11.2 Å². The number of amides is 1. The Hall–Kier alpha value is 0.680. The zero-order valence-electron chi connectivity index (χ0n) is 9.27. The number of hydrogen-bond donors (Lipinski definition) is 2. The van der Waals surface area contributed by atoms with Gasteiger partial charge in [-0.05, 0) is 92.2 Å². The molecular weight excluding hydrogens is 557 g/mol. The van der Waals surface area contributed by atoms with Gasteiger partial charge in [0.15, 0.2) is 0 Å². The van der Waals surface area contributed by atoms with E-state index in [4.69, 9.17) is 11.5 Å². The van der Waals surface area contributed by atoms with Gasteiger partial charge in [-0.15, -0.1) is 0 Å². The highest BCUT2D eigenvalue weighted by Crippen LogP contribution is 2.31. The van der Waals surface area contributed by atoms with Crippen LogP contribution < -0.4 is 11.5 Å². The first kappa shape index (κ1) is 15.7. The van der Waals surface area contributed by atoms with Crippen LogP contribution in [0.3, 0.4) is 0 Å². The van der Waals surface area contributed by atoms with E-state index in [0.29, 0.717) is 6.42 Å². The molecule has 6 heteroatoms. The van der Waals surface area contributed by atoms with E-state index in [-0.39, 0.29) is 11.8 Å². The van der Waals surface area contributed by atoms with Crippen molar-refractivity contribution in [1.29, 1.82) is 0 Å². The fraction of sp³-hybridized carbons (Fsp3) is 0.364. The van der Waals surface area contributed by atoms with Gasteiger partial charge >= 0.3 is 0 Å². The highest BCUT2D eigenvalue weighted by atomic mass is 127. The first-order valence-corrected chi connectivity index (χ1v) is 8.33. The average Bonchev–Trinajstić information content (AvgIpc) is 2.26. The second-order valence-electron chi connectivity index (χ2n) is 3.76. The van der Waals surface area contributed by atoms with Crippen LogP contribution in [0.25, 0.3) is 0 Å².